The monoisotopic (exact) mass is 442 g/mol. The maximum Gasteiger partial charge on any atom is 0.357 e. The number of benzene rings is 2. The number of carbonyl (C=O) groups is 1. The van der Waals surface area contributed by atoms with E-state index in [1.807, 2.05) is 0 Å². The fourth-order valence-electron chi connectivity index (χ4n) is 2.25. The van der Waals surface area contributed by atoms with E-state index in [1.54, 1.807) is 64.3 Å². The number of nitrogens with zero attached hydrogens (tertiary/aromatic N) is 1. The first-order valence-corrected chi connectivity index (χ1v) is 11.1. The van der Waals surface area contributed by atoms with Crippen molar-refractivity contribution in [1.29, 1.82) is 0 Å². The minimum absolute atomic E-state index is 0.131. The van der Waals surface area contributed by atoms with Gasteiger partial charge in [-0.3, -0.25) is 9.36 Å². The zero-order valence-corrected chi connectivity index (χ0v) is 18.7. The minimum atomic E-state index is -3.47. The molecule has 0 aliphatic rings. The van der Waals surface area contributed by atoms with Crippen LogP contribution in [0.4, 0.5) is 5.69 Å². The number of aromatic hydroxyl groups is 1. The van der Waals surface area contributed by atoms with Gasteiger partial charge in [-0.15, -0.1) is 0 Å². The van der Waals surface area contributed by atoms with E-state index in [-0.39, 0.29) is 19.0 Å². The van der Waals surface area contributed by atoms with Crippen molar-refractivity contribution in [3.8, 4) is 5.75 Å². The Bertz CT molecular complexity index is 774. The molecular weight excluding hydrogens is 415 g/mol. The average Bonchev–Trinajstić information content (AvgIpc) is 2.69. The summed E-state index contributed by atoms with van der Waals surface area (Å²) in [5.41, 5.74) is 1.42. The van der Waals surface area contributed by atoms with Gasteiger partial charge in [-0.1, -0.05) is 23.7 Å². The summed E-state index contributed by atoms with van der Waals surface area (Å²) in [6.45, 7) is 4.05. The lowest BCUT2D eigenvalue weighted by Crippen LogP contribution is -2.15. The SMILES string of the molecule is CCOP(=O)(OCC)[C@@H](Nc1ccc(Cl)cc1)c1ccc(O)cc1.CN(C)C=O. The van der Waals surface area contributed by atoms with E-state index >= 15 is 0 Å². The van der Waals surface area contributed by atoms with Crippen LogP contribution in [0.15, 0.2) is 48.5 Å². The van der Waals surface area contributed by atoms with Crippen LogP contribution in [-0.4, -0.2) is 43.7 Å². The number of carbonyl (C=O) groups excluding carboxylic acids is 1. The molecule has 0 aliphatic carbocycles. The number of hydrogen-bond donors (Lipinski definition) is 2. The summed E-state index contributed by atoms with van der Waals surface area (Å²) in [4.78, 5) is 10.9. The van der Waals surface area contributed by atoms with E-state index in [4.69, 9.17) is 20.6 Å². The number of hydrogen-bond acceptors (Lipinski definition) is 6. The van der Waals surface area contributed by atoms with E-state index in [9.17, 15) is 14.5 Å². The topological polar surface area (TPSA) is 88.1 Å². The molecule has 2 aromatic carbocycles. The fourth-order valence-corrected chi connectivity index (χ4v) is 4.31. The van der Waals surface area contributed by atoms with Crippen molar-refractivity contribution in [2.75, 3.05) is 32.6 Å². The van der Waals surface area contributed by atoms with Crippen molar-refractivity contribution in [3.63, 3.8) is 0 Å². The van der Waals surface area contributed by atoms with Crippen molar-refractivity contribution < 1.29 is 23.5 Å². The highest BCUT2D eigenvalue weighted by Gasteiger charge is 2.37. The highest BCUT2D eigenvalue weighted by atomic mass is 35.5. The van der Waals surface area contributed by atoms with Gasteiger partial charge in [0.1, 0.15) is 5.75 Å². The normalized spacial score (nSPS) is 11.8. The number of anilines is 1. The van der Waals surface area contributed by atoms with Crippen molar-refractivity contribution in [3.05, 3.63) is 59.1 Å². The summed E-state index contributed by atoms with van der Waals surface area (Å²) in [5.74, 6) is -0.578. The molecule has 0 aromatic heterocycles. The Balaban J connectivity index is 0.000000749. The molecule has 0 bridgehead atoms. The quantitative estimate of drug-likeness (QED) is 0.413. The molecule has 2 aromatic rings. The maximum atomic E-state index is 13.3. The number of rotatable bonds is 9. The van der Waals surface area contributed by atoms with Gasteiger partial charge in [0.25, 0.3) is 0 Å². The van der Waals surface area contributed by atoms with E-state index in [1.165, 1.54) is 17.0 Å². The molecule has 0 spiro atoms. The molecular formula is C20H28ClN2O5P. The molecule has 0 unspecified atom stereocenters. The second kappa shape index (κ2) is 12.5. The Morgan fingerprint density at radius 2 is 1.55 bits per heavy atom. The van der Waals surface area contributed by atoms with Crippen molar-refractivity contribution in [2.24, 2.45) is 0 Å². The minimum Gasteiger partial charge on any atom is -0.508 e. The summed E-state index contributed by atoms with van der Waals surface area (Å²) in [5, 5.41) is 13.3. The van der Waals surface area contributed by atoms with E-state index in [0.717, 1.165) is 12.1 Å². The van der Waals surface area contributed by atoms with Gasteiger partial charge in [-0.05, 0) is 55.8 Å². The Kier molecular flexibility index (Phi) is 10.8. The summed E-state index contributed by atoms with van der Waals surface area (Å²) in [7, 11) is -0.0945. The summed E-state index contributed by atoms with van der Waals surface area (Å²) in [6, 6.07) is 13.5. The first-order valence-electron chi connectivity index (χ1n) is 9.07. The van der Waals surface area contributed by atoms with Gasteiger partial charge in [-0.25, -0.2) is 0 Å². The zero-order chi connectivity index (χ0) is 21.9. The number of nitrogens with one attached hydrogen (secondary N) is 1. The molecule has 0 radical (unpaired) electrons. The van der Waals surface area contributed by atoms with Gasteiger partial charge >= 0.3 is 7.60 Å². The third kappa shape index (κ3) is 8.46. The van der Waals surface area contributed by atoms with Crippen LogP contribution in [0, 0.1) is 0 Å². The largest absolute Gasteiger partial charge is 0.508 e. The summed E-state index contributed by atoms with van der Waals surface area (Å²) >= 11 is 5.91. The lowest BCUT2D eigenvalue weighted by molar-refractivity contribution is -0.115. The second-order valence-electron chi connectivity index (χ2n) is 6.09. The van der Waals surface area contributed by atoms with Gasteiger partial charge in [0.05, 0.1) is 13.2 Å². The predicted octanol–water partition coefficient (Wildman–Crippen LogP) is 5.13. The van der Waals surface area contributed by atoms with Crippen LogP contribution in [-0.2, 0) is 18.4 Å². The first-order chi connectivity index (χ1) is 13.8. The van der Waals surface area contributed by atoms with Crippen LogP contribution in [0.1, 0.15) is 25.2 Å². The van der Waals surface area contributed by atoms with Gasteiger partial charge in [-0.2, -0.15) is 0 Å². The Morgan fingerprint density at radius 1 is 1.07 bits per heavy atom. The van der Waals surface area contributed by atoms with Gasteiger partial charge in [0.15, 0.2) is 5.78 Å². The van der Waals surface area contributed by atoms with Crippen molar-refractivity contribution in [2.45, 2.75) is 19.6 Å². The molecule has 2 rings (SSSR count). The second-order valence-corrected chi connectivity index (χ2v) is 8.64. The molecule has 29 heavy (non-hydrogen) atoms. The van der Waals surface area contributed by atoms with Crippen LogP contribution in [0.3, 0.4) is 0 Å². The molecule has 1 amide bonds. The van der Waals surface area contributed by atoms with E-state index < -0.39 is 13.4 Å². The molecule has 2 N–H and O–H groups in total. The maximum absolute atomic E-state index is 13.3. The molecule has 0 fully saturated rings. The lowest BCUT2D eigenvalue weighted by Gasteiger charge is -2.28. The summed E-state index contributed by atoms with van der Waals surface area (Å²) < 4.78 is 24.3. The molecule has 160 valence electrons. The first kappa shape index (κ1) is 25.0. The van der Waals surface area contributed by atoms with Gasteiger partial charge in [0, 0.05) is 24.8 Å². The summed E-state index contributed by atoms with van der Waals surface area (Å²) in [6.07, 6.45) is 0.750. The van der Waals surface area contributed by atoms with Crippen LogP contribution >= 0.6 is 19.2 Å². The third-order valence-electron chi connectivity index (χ3n) is 3.50. The van der Waals surface area contributed by atoms with Gasteiger partial charge < -0.3 is 24.4 Å². The van der Waals surface area contributed by atoms with E-state index in [2.05, 4.69) is 5.32 Å². The molecule has 0 saturated carbocycles. The Labute approximate surface area is 177 Å². The van der Waals surface area contributed by atoms with Crippen LogP contribution in [0.2, 0.25) is 5.02 Å². The third-order valence-corrected chi connectivity index (χ3v) is 6.05. The molecule has 0 heterocycles. The van der Waals surface area contributed by atoms with Crippen LogP contribution in [0.25, 0.3) is 0 Å². The number of amides is 1. The smallest absolute Gasteiger partial charge is 0.357 e. The highest BCUT2D eigenvalue weighted by Crippen LogP contribution is 2.60. The molecule has 9 heteroatoms. The highest BCUT2D eigenvalue weighted by molar-refractivity contribution is 7.54. The van der Waals surface area contributed by atoms with Gasteiger partial charge in [0.2, 0.25) is 6.41 Å². The Morgan fingerprint density at radius 3 is 1.97 bits per heavy atom. The standard InChI is InChI=1S/C17H21ClNO4P.C3H7NO/c1-3-22-24(21,23-4-2)17(13-5-11-16(20)12-6-13)19-15-9-7-14(18)8-10-15;1-4(2)3-5/h5-12,17,19-20H,3-4H2,1-2H3;3H,1-2H3/t17-;/m1./s1. The zero-order valence-electron chi connectivity index (χ0n) is 17.0. The van der Waals surface area contributed by atoms with Crippen LogP contribution < -0.4 is 5.32 Å². The predicted molar refractivity (Wildman–Crippen MR) is 117 cm³/mol. The lowest BCUT2D eigenvalue weighted by atomic mass is 10.2. The number of halogens is 1. The number of phenolic OH excluding ortho intramolecular Hbond substituents is 1. The molecule has 1 atom stereocenters. The van der Waals surface area contributed by atoms with Crippen molar-refractivity contribution in [1.82, 2.24) is 4.90 Å². The fraction of sp³-hybridized carbons (Fsp3) is 0.350. The van der Waals surface area contributed by atoms with Crippen molar-refractivity contribution >= 4 is 31.3 Å². The Hall–Kier alpha value is -2.05. The molecule has 0 saturated heterocycles. The average molecular weight is 443 g/mol. The molecule has 7 nitrogen and oxygen atoms in total. The number of phenols is 1. The van der Waals surface area contributed by atoms with Crippen LogP contribution in [0.5, 0.6) is 5.75 Å². The van der Waals surface area contributed by atoms with E-state index in [0.29, 0.717) is 10.6 Å². The molecule has 0 aliphatic heterocycles.